The van der Waals surface area contributed by atoms with E-state index >= 15 is 0 Å². The van der Waals surface area contributed by atoms with Crippen molar-refractivity contribution in [2.45, 2.75) is 51.0 Å². The molecule has 0 aromatic carbocycles. The fourth-order valence-electron chi connectivity index (χ4n) is 3.91. The van der Waals surface area contributed by atoms with Gasteiger partial charge in [0, 0.05) is 19.6 Å². The van der Waals surface area contributed by atoms with Gasteiger partial charge in [0.1, 0.15) is 12.3 Å². The zero-order valence-corrected chi connectivity index (χ0v) is 14.9. The van der Waals surface area contributed by atoms with Crippen LogP contribution in [0, 0.1) is 5.92 Å². The molecule has 0 spiro atoms. The largest absolute Gasteiger partial charge is 0.472 e. The molecule has 1 aliphatic heterocycles. The Hall–Kier alpha value is -2.15. The molecule has 7 nitrogen and oxygen atoms in total. The van der Waals surface area contributed by atoms with Gasteiger partial charge in [-0.1, -0.05) is 18.0 Å². The highest BCUT2D eigenvalue weighted by Gasteiger charge is 2.34. The first-order valence-corrected chi connectivity index (χ1v) is 9.54. The standard InChI is InChI=1S/C19H25N3O4/c23-19(15-7-10-25-13-15)22-9-3-6-16(22)18-20-17(21-26-18)8-11-24-12-14-4-1-2-5-14/h7,10,13-14,16H,1-6,8-9,11-12H2. The fraction of sp³-hybridized carbons (Fsp3) is 0.632. The number of rotatable bonds is 7. The van der Waals surface area contributed by atoms with Crippen molar-refractivity contribution in [1.82, 2.24) is 15.0 Å². The van der Waals surface area contributed by atoms with Gasteiger partial charge in [-0.05, 0) is 37.7 Å². The number of hydrogen-bond acceptors (Lipinski definition) is 6. The van der Waals surface area contributed by atoms with Crippen LogP contribution in [0.5, 0.6) is 0 Å². The predicted octanol–water partition coefficient (Wildman–Crippen LogP) is 3.39. The first-order valence-electron chi connectivity index (χ1n) is 9.54. The molecular weight excluding hydrogens is 334 g/mol. The number of ether oxygens (including phenoxy) is 1. The van der Waals surface area contributed by atoms with E-state index in [9.17, 15) is 4.79 Å². The van der Waals surface area contributed by atoms with Crippen molar-refractivity contribution in [3.8, 4) is 0 Å². The van der Waals surface area contributed by atoms with E-state index in [2.05, 4.69) is 10.1 Å². The monoisotopic (exact) mass is 359 g/mol. The van der Waals surface area contributed by atoms with Gasteiger partial charge in [-0.3, -0.25) is 4.79 Å². The molecule has 4 rings (SSSR count). The Morgan fingerprint density at radius 1 is 1.27 bits per heavy atom. The van der Waals surface area contributed by atoms with Crippen LogP contribution in [0.15, 0.2) is 27.5 Å². The van der Waals surface area contributed by atoms with Crippen molar-refractivity contribution in [2.75, 3.05) is 19.8 Å². The Bertz CT molecular complexity index is 706. The van der Waals surface area contributed by atoms with E-state index in [1.54, 1.807) is 11.0 Å². The Labute approximate surface area is 152 Å². The van der Waals surface area contributed by atoms with Crippen molar-refractivity contribution in [3.63, 3.8) is 0 Å². The number of furan rings is 1. The summed E-state index contributed by atoms with van der Waals surface area (Å²) in [4.78, 5) is 18.9. The van der Waals surface area contributed by atoms with E-state index in [0.717, 1.165) is 25.4 Å². The van der Waals surface area contributed by atoms with E-state index in [-0.39, 0.29) is 11.9 Å². The quantitative estimate of drug-likeness (QED) is 0.705. The third-order valence-corrected chi connectivity index (χ3v) is 5.35. The van der Waals surface area contributed by atoms with Crippen molar-refractivity contribution in [2.24, 2.45) is 5.92 Å². The number of nitrogens with zero attached hydrogens (tertiary/aromatic N) is 3. The summed E-state index contributed by atoms with van der Waals surface area (Å²) in [6.45, 7) is 2.13. The molecule has 0 radical (unpaired) electrons. The van der Waals surface area contributed by atoms with E-state index in [4.69, 9.17) is 13.7 Å². The molecule has 140 valence electrons. The summed E-state index contributed by atoms with van der Waals surface area (Å²) in [5, 5.41) is 4.06. The lowest BCUT2D eigenvalue weighted by molar-refractivity contribution is 0.0709. The Kier molecular flexibility index (Phi) is 5.34. The third kappa shape index (κ3) is 3.82. The zero-order chi connectivity index (χ0) is 17.8. The minimum Gasteiger partial charge on any atom is -0.472 e. The van der Waals surface area contributed by atoms with Crippen LogP contribution >= 0.6 is 0 Å². The molecule has 7 heteroatoms. The first kappa shape index (κ1) is 17.3. The molecular formula is C19H25N3O4. The SMILES string of the molecule is O=C(c1ccoc1)N1CCCC1c1nc(CCOCC2CCCC2)no1. The van der Waals surface area contributed by atoms with Crippen molar-refractivity contribution >= 4 is 5.91 Å². The van der Waals surface area contributed by atoms with Crippen LogP contribution in [-0.2, 0) is 11.2 Å². The highest BCUT2D eigenvalue weighted by atomic mass is 16.5. The second-order valence-corrected chi connectivity index (χ2v) is 7.19. The molecule has 1 atom stereocenters. The second-order valence-electron chi connectivity index (χ2n) is 7.19. The Morgan fingerprint density at radius 3 is 2.96 bits per heavy atom. The normalized spacial score (nSPS) is 20.9. The van der Waals surface area contributed by atoms with Crippen LogP contribution in [0.25, 0.3) is 0 Å². The first-order chi connectivity index (χ1) is 12.8. The highest BCUT2D eigenvalue weighted by molar-refractivity contribution is 5.94. The van der Waals surface area contributed by atoms with Crippen molar-refractivity contribution < 1.29 is 18.5 Å². The molecule has 1 saturated carbocycles. The number of hydrogen-bond donors (Lipinski definition) is 0. The summed E-state index contributed by atoms with van der Waals surface area (Å²) in [5.74, 6) is 1.83. The summed E-state index contributed by atoms with van der Waals surface area (Å²) < 4.78 is 16.2. The van der Waals surface area contributed by atoms with Crippen LogP contribution < -0.4 is 0 Å². The van der Waals surface area contributed by atoms with E-state index in [1.807, 2.05) is 0 Å². The zero-order valence-electron chi connectivity index (χ0n) is 14.9. The highest BCUT2D eigenvalue weighted by Crippen LogP contribution is 2.32. The molecule has 1 amide bonds. The molecule has 1 saturated heterocycles. The van der Waals surface area contributed by atoms with Crippen molar-refractivity contribution in [3.05, 3.63) is 35.9 Å². The number of likely N-dealkylation sites (tertiary alicyclic amines) is 1. The van der Waals surface area contributed by atoms with E-state index < -0.39 is 0 Å². The molecule has 2 fully saturated rings. The molecule has 2 aromatic rings. The van der Waals surface area contributed by atoms with Gasteiger partial charge in [0.2, 0.25) is 5.89 Å². The summed E-state index contributed by atoms with van der Waals surface area (Å²) in [7, 11) is 0. The minimum atomic E-state index is -0.155. The number of aromatic nitrogens is 2. The van der Waals surface area contributed by atoms with Gasteiger partial charge in [-0.2, -0.15) is 4.98 Å². The average molecular weight is 359 g/mol. The Balaban J connectivity index is 1.31. The topological polar surface area (TPSA) is 81.6 Å². The number of carbonyl (C=O) groups excluding carboxylic acids is 1. The molecule has 26 heavy (non-hydrogen) atoms. The maximum absolute atomic E-state index is 12.6. The van der Waals surface area contributed by atoms with Crippen LogP contribution in [0.2, 0.25) is 0 Å². The summed E-state index contributed by atoms with van der Waals surface area (Å²) in [6, 6.07) is 1.52. The van der Waals surface area contributed by atoms with Gasteiger partial charge >= 0.3 is 0 Å². The summed E-state index contributed by atoms with van der Waals surface area (Å²) >= 11 is 0. The molecule has 0 N–H and O–H groups in total. The molecule has 1 unspecified atom stereocenters. The molecule has 2 aliphatic rings. The third-order valence-electron chi connectivity index (χ3n) is 5.35. The number of carbonyl (C=O) groups is 1. The maximum atomic E-state index is 12.6. The van der Waals surface area contributed by atoms with Crippen LogP contribution in [0.3, 0.4) is 0 Å². The molecule has 2 aromatic heterocycles. The summed E-state index contributed by atoms with van der Waals surface area (Å²) in [5.41, 5.74) is 0.553. The van der Waals surface area contributed by atoms with E-state index in [1.165, 1.54) is 38.2 Å². The van der Waals surface area contributed by atoms with Gasteiger partial charge in [0.25, 0.3) is 5.91 Å². The maximum Gasteiger partial charge on any atom is 0.257 e. The van der Waals surface area contributed by atoms with Crippen LogP contribution in [0.4, 0.5) is 0 Å². The molecule has 0 bridgehead atoms. The smallest absolute Gasteiger partial charge is 0.257 e. The van der Waals surface area contributed by atoms with Gasteiger partial charge in [0.15, 0.2) is 5.82 Å². The lowest BCUT2D eigenvalue weighted by Gasteiger charge is -2.20. The van der Waals surface area contributed by atoms with Gasteiger partial charge in [-0.15, -0.1) is 0 Å². The molecule has 3 heterocycles. The molecule has 1 aliphatic carbocycles. The lowest BCUT2D eigenvalue weighted by Crippen LogP contribution is -2.30. The van der Waals surface area contributed by atoms with E-state index in [0.29, 0.717) is 36.9 Å². The van der Waals surface area contributed by atoms with Gasteiger partial charge in [0.05, 0.1) is 18.4 Å². The van der Waals surface area contributed by atoms with Crippen molar-refractivity contribution in [1.29, 1.82) is 0 Å². The number of amides is 1. The van der Waals surface area contributed by atoms with Gasteiger partial charge in [-0.25, -0.2) is 0 Å². The second kappa shape index (κ2) is 8.03. The minimum absolute atomic E-state index is 0.0547. The van der Waals surface area contributed by atoms with Crippen LogP contribution in [0.1, 0.15) is 66.6 Å². The van der Waals surface area contributed by atoms with Gasteiger partial charge < -0.3 is 18.6 Å². The lowest BCUT2D eigenvalue weighted by atomic mass is 10.1. The van der Waals surface area contributed by atoms with Crippen LogP contribution in [-0.4, -0.2) is 40.7 Å². The average Bonchev–Trinajstić information content (AvgIpc) is 3.45. The predicted molar refractivity (Wildman–Crippen MR) is 92.5 cm³/mol. The fourth-order valence-corrected chi connectivity index (χ4v) is 3.91. The Morgan fingerprint density at radius 2 is 2.15 bits per heavy atom. The summed E-state index contributed by atoms with van der Waals surface area (Å²) in [6.07, 6.45) is 10.6.